The van der Waals surface area contributed by atoms with Gasteiger partial charge in [0.2, 0.25) is 0 Å². The Morgan fingerprint density at radius 2 is 1.71 bits per heavy atom. The van der Waals surface area contributed by atoms with Crippen molar-refractivity contribution in [3.63, 3.8) is 0 Å². The molecule has 0 aliphatic rings. The number of hydrogen-bond donors (Lipinski definition) is 1. The highest BCUT2D eigenvalue weighted by Gasteiger charge is 2.13. The van der Waals surface area contributed by atoms with E-state index in [0.717, 1.165) is 30.8 Å². The highest BCUT2D eigenvalue weighted by atomic mass is 35.5. The highest BCUT2D eigenvalue weighted by molar-refractivity contribution is 6.31. The first-order chi connectivity index (χ1) is 10.2. The number of aryl methyl sites for hydroxylation is 1. The number of rotatable bonds is 7. The molecule has 1 N–H and O–H groups in total. The molecule has 1 unspecified atom stereocenters. The van der Waals surface area contributed by atoms with E-state index < -0.39 is 0 Å². The summed E-state index contributed by atoms with van der Waals surface area (Å²) in [5.41, 5.74) is 3.92. The van der Waals surface area contributed by atoms with E-state index in [2.05, 4.69) is 55.6 Å². The third kappa shape index (κ3) is 4.59. The molecule has 1 nitrogen and oxygen atoms in total. The van der Waals surface area contributed by atoms with Gasteiger partial charge in [-0.1, -0.05) is 67.9 Å². The van der Waals surface area contributed by atoms with E-state index in [-0.39, 0.29) is 0 Å². The first kappa shape index (κ1) is 16.1. The van der Waals surface area contributed by atoms with Gasteiger partial charge < -0.3 is 5.32 Å². The van der Waals surface area contributed by atoms with Gasteiger partial charge in [0.05, 0.1) is 0 Å². The molecule has 0 amide bonds. The average molecular weight is 302 g/mol. The maximum absolute atomic E-state index is 6.31. The van der Waals surface area contributed by atoms with E-state index in [1.165, 1.54) is 16.7 Å². The van der Waals surface area contributed by atoms with Crippen LogP contribution in [-0.4, -0.2) is 6.54 Å². The van der Waals surface area contributed by atoms with Crippen LogP contribution in [0, 0.1) is 0 Å². The summed E-state index contributed by atoms with van der Waals surface area (Å²) in [4.78, 5) is 0. The van der Waals surface area contributed by atoms with Crippen molar-refractivity contribution in [3.05, 3.63) is 70.2 Å². The van der Waals surface area contributed by atoms with Crippen LogP contribution in [0.25, 0.3) is 0 Å². The third-order valence-electron chi connectivity index (χ3n) is 3.81. The first-order valence-electron chi connectivity index (χ1n) is 7.80. The molecule has 2 heteroatoms. The summed E-state index contributed by atoms with van der Waals surface area (Å²) in [6, 6.07) is 17.4. The molecular weight excluding hydrogens is 278 g/mol. The van der Waals surface area contributed by atoms with Gasteiger partial charge in [0, 0.05) is 11.1 Å². The molecule has 1 atom stereocenters. The van der Waals surface area contributed by atoms with Gasteiger partial charge in [0.15, 0.2) is 0 Å². The Kier molecular flexibility index (Phi) is 6.28. The van der Waals surface area contributed by atoms with Crippen molar-refractivity contribution < 1.29 is 0 Å². The largest absolute Gasteiger partial charge is 0.310 e. The number of nitrogens with one attached hydrogen (secondary N) is 1. The average Bonchev–Trinajstić information content (AvgIpc) is 2.53. The molecule has 0 aliphatic carbocycles. The smallest absolute Gasteiger partial charge is 0.0438 e. The van der Waals surface area contributed by atoms with Crippen LogP contribution in [0.1, 0.15) is 43.0 Å². The van der Waals surface area contributed by atoms with Gasteiger partial charge in [-0.15, -0.1) is 0 Å². The minimum atomic E-state index is 0.316. The van der Waals surface area contributed by atoms with Crippen LogP contribution < -0.4 is 5.32 Å². The van der Waals surface area contributed by atoms with Crippen molar-refractivity contribution in [2.75, 3.05) is 6.54 Å². The Labute approximate surface area is 133 Å². The Bertz CT molecular complexity index is 548. The van der Waals surface area contributed by atoms with Crippen LogP contribution >= 0.6 is 11.6 Å². The fourth-order valence-corrected chi connectivity index (χ4v) is 2.71. The molecule has 112 valence electrons. The Hall–Kier alpha value is -1.31. The van der Waals surface area contributed by atoms with Crippen molar-refractivity contribution in [2.24, 2.45) is 0 Å². The van der Waals surface area contributed by atoms with Crippen molar-refractivity contribution in [3.8, 4) is 0 Å². The second kappa shape index (κ2) is 8.21. The lowest BCUT2D eigenvalue weighted by molar-refractivity contribution is 0.529. The number of benzene rings is 2. The van der Waals surface area contributed by atoms with Crippen LogP contribution in [0.3, 0.4) is 0 Å². The van der Waals surface area contributed by atoms with E-state index in [1.807, 2.05) is 12.1 Å². The summed E-state index contributed by atoms with van der Waals surface area (Å²) >= 11 is 6.31. The van der Waals surface area contributed by atoms with Crippen molar-refractivity contribution in [2.45, 2.75) is 39.2 Å². The molecule has 2 rings (SSSR count). The van der Waals surface area contributed by atoms with Crippen molar-refractivity contribution in [1.29, 1.82) is 0 Å². The molecule has 0 saturated carbocycles. The normalized spacial score (nSPS) is 12.3. The monoisotopic (exact) mass is 301 g/mol. The minimum absolute atomic E-state index is 0.316. The van der Waals surface area contributed by atoms with E-state index in [9.17, 15) is 0 Å². The molecule has 2 aromatic carbocycles. The molecule has 0 aromatic heterocycles. The van der Waals surface area contributed by atoms with Gasteiger partial charge in [-0.25, -0.2) is 0 Å². The maximum Gasteiger partial charge on any atom is 0.0438 e. The number of hydrogen-bond acceptors (Lipinski definition) is 1. The second-order valence-electron chi connectivity index (χ2n) is 5.40. The third-order valence-corrected chi connectivity index (χ3v) is 4.18. The zero-order valence-electron chi connectivity index (χ0n) is 12.9. The predicted octanol–water partition coefficient (Wildman–Crippen LogP) is 5.19. The summed E-state index contributed by atoms with van der Waals surface area (Å²) < 4.78 is 0. The van der Waals surface area contributed by atoms with E-state index in [4.69, 9.17) is 11.6 Å². The summed E-state index contributed by atoms with van der Waals surface area (Å²) in [5.74, 6) is 0. The molecule has 0 aliphatic heterocycles. The molecule has 0 bridgehead atoms. The molecule has 0 saturated heterocycles. The Morgan fingerprint density at radius 1 is 1.00 bits per heavy atom. The molecule has 0 radical (unpaired) electrons. The van der Waals surface area contributed by atoms with Gasteiger partial charge in [-0.05, 0) is 48.6 Å². The zero-order valence-corrected chi connectivity index (χ0v) is 13.7. The summed E-state index contributed by atoms with van der Waals surface area (Å²) in [6.45, 7) is 5.40. The predicted molar refractivity (Wildman–Crippen MR) is 92.0 cm³/mol. The Morgan fingerprint density at radius 3 is 2.33 bits per heavy atom. The summed E-state index contributed by atoms with van der Waals surface area (Å²) in [5, 5.41) is 4.49. The maximum atomic E-state index is 6.31. The molecule has 21 heavy (non-hydrogen) atoms. The van der Waals surface area contributed by atoms with Gasteiger partial charge in [-0.3, -0.25) is 0 Å². The summed E-state index contributed by atoms with van der Waals surface area (Å²) in [7, 11) is 0. The molecular formula is C19H24ClN. The second-order valence-corrected chi connectivity index (χ2v) is 5.80. The lowest BCUT2D eigenvalue weighted by Crippen LogP contribution is -2.24. The lowest BCUT2D eigenvalue weighted by Gasteiger charge is -2.20. The fourth-order valence-electron chi connectivity index (χ4n) is 2.50. The van der Waals surface area contributed by atoms with Crippen LogP contribution in [0.4, 0.5) is 0 Å². The van der Waals surface area contributed by atoms with Gasteiger partial charge in [0.1, 0.15) is 0 Å². The quantitative estimate of drug-likeness (QED) is 0.742. The van der Waals surface area contributed by atoms with Crippen molar-refractivity contribution >= 4 is 11.6 Å². The van der Waals surface area contributed by atoms with Crippen LogP contribution in [0.5, 0.6) is 0 Å². The van der Waals surface area contributed by atoms with Crippen LogP contribution in [0.2, 0.25) is 5.02 Å². The van der Waals surface area contributed by atoms with Gasteiger partial charge >= 0.3 is 0 Å². The van der Waals surface area contributed by atoms with Gasteiger partial charge in [0.25, 0.3) is 0 Å². The standard InChI is InChI=1S/C19H24ClN/c1-3-13-21-19(14-17-7-5-6-8-18(17)20)16-11-9-15(4-2)10-12-16/h5-12,19,21H,3-4,13-14H2,1-2H3. The minimum Gasteiger partial charge on any atom is -0.310 e. The number of halogens is 1. The van der Waals surface area contributed by atoms with Gasteiger partial charge in [-0.2, -0.15) is 0 Å². The SMILES string of the molecule is CCCNC(Cc1ccccc1Cl)c1ccc(CC)cc1. The summed E-state index contributed by atoms with van der Waals surface area (Å²) in [6.07, 6.45) is 3.13. The van der Waals surface area contributed by atoms with Crippen LogP contribution in [-0.2, 0) is 12.8 Å². The van der Waals surface area contributed by atoms with Crippen LogP contribution in [0.15, 0.2) is 48.5 Å². The fraction of sp³-hybridized carbons (Fsp3) is 0.368. The van der Waals surface area contributed by atoms with E-state index >= 15 is 0 Å². The topological polar surface area (TPSA) is 12.0 Å². The highest BCUT2D eigenvalue weighted by Crippen LogP contribution is 2.24. The first-order valence-corrected chi connectivity index (χ1v) is 8.18. The zero-order chi connectivity index (χ0) is 15.1. The lowest BCUT2D eigenvalue weighted by atomic mass is 9.97. The molecule has 0 heterocycles. The molecule has 0 fully saturated rings. The van der Waals surface area contributed by atoms with E-state index in [0.29, 0.717) is 6.04 Å². The Balaban J connectivity index is 2.18. The molecule has 0 spiro atoms. The molecule has 2 aromatic rings. The van der Waals surface area contributed by atoms with Crippen molar-refractivity contribution in [1.82, 2.24) is 5.32 Å². The van der Waals surface area contributed by atoms with E-state index in [1.54, 1.807) is 0 Å².